The van der Waals surface area contributed by atoms with Gasteiger partial charge in [0.05, 0.1) is 18.4 Å². The fourth-order valence-electron chi connectivity index (χ4n) is 1.82. The van der Waals surface area contributed by atoms with E-state index in [2.05, 4.69) is 12.2 Å². The number of carbonyl (C=O) groups is 1. The van der Waals surface area contributed by atoms with Crippen LogP contribution in [0, 0.1) is 0 Å². The molecule has 3 heteroatoms. The Morgan fingerprint density at radius 2 is 2.36 bits per heavy atom. The van der Waals surface area contributed by atoms with E-state index < -0.39 is 0 Å². The molecule has 0 fully saturated rings. The lowest BCUT2D eigenvalue weighted by atomic mass is 10.0. The van der Waals surface area contributed by atoms with Gasteiger partial charge in [-0.05, 0) is 11.6 Å². The average molecular weight is 191 g/mol. The standard InChI is InChI=1S/C11H13NO2/c1-7-6-12-10-8(7)4-3-5-9(10)11(13)14-2/h3-5,7,12H,6H2,1-2H3. The Morgan fingerprint density at radius 1 is 1.57 bits per heavy atom. The van der Waals surface area contributed by atoms with Gasteiger partial charge in [0.2, 0.25) is 0 Å². The van der Waals surface area contributed by atoms with E-state index in [0.29, 0.717) is 11.5 Å². The Kier molecular flexibility index (Phi) is 2.15. The smallest absolute Gasteiger partial charge is 0.339 e. The van der Waals surface area contributed by atoms with Crippen LogP contribution in [0.15, 0.2) is 18.2 Å². The second-order valence-corrected chi connectivity index (χ2v) is 3.54. The van der Waals surface area contributed by atoms with Crippen molar-refractivity contribution in [3.63, 3.8) is 0 Å². The highest BCUT2D eigenvalue weighted by molar-refractivity contribution is 5.97. The monoisotopic (exact) mass is 191 g/mol. The number of esters is 1. The number of ether oxygens (including phenoxy) is 1. The number of nitrogens with one attached hydrogen (secondary N) is 1. The molecule has 1 aromatic rings. The van der Waals surface area contributed by atoms with Crippen molar-refractivity contribution in [2.24, 2.45) is 0 Å². The molecule has 0 bridgehead atoms. The van der Waals surface area contributed by atoms with Gasteiger partial charge in [-0.1, -0.05) is 19.1 Å². The van der Waals surface area contributed by atoms with Crippen LogP contribution in [-0.4, -0.2) is 19.6 Å². The van der Waals surface area contributed by atoms with E-state index in [9.17, 15) is 4.79 Å². The number of carbonyl (C=O) groups excluding carboxylic acids is 1. The first kappa shape index (κ1) is 9.06. The van der Waals surface area contributed by atoms with E-state index in [1.54, 1.807) is 6.07 Å². The predicted molar refractivity (Wildman–Crippen MR) is 54.7 cm³/mol. The van der Waals surface area contributed by atoms with Crippen LogP contribution in [0.2, 0.25) is 0 Å². The lowest BCUT2D eigenvalue weighted by Crippen LogP contribution is -2.05. The van der Waals surface area contributed by atoms with Crippen LogP contribution in [0.25, 0.3) is 0 Å². The summed E-state index contributed by atoms with van der Waals surface area (Å²) in [5, 5.41) is 3.23. The summed E-state index contributed by atoms with van der Waals surface area (Å²) in [6.45, 7) is 3.03. The first-order chi connectivity index (χ1) is 6.74. The van der Waals surface area contributed by atoms with Gasteiger partial charge in [-0.25, -0.2) is 4.79 Å². The fraction of sp³-hybridized carbons (Fsp3) is 0.364. The Hall–Kier alpha value is -1.51. The molecule has 1 aliphatic heterocycles. The van der Waals surface area contributed by atoms with Crippen LogP contribution >= 0.6 is 0 Å². The van der Waals surface area contributed by atoms with Crippen molar-refractivity contribution in [2.75, 3.05) is 19.0 Å². The quantitative estimate of drug-likeness (QED) is 0.690. The molecule has 0 amide bonds. The second-order valence-electron chi connectivity index (χ2n) is 3.54. The van der Waals surface area contributed by atoms with E-state index in [4.69, 9.17) is 4.74 Å². The van der Waals surface area contributed by atoms with E-state index in [0.717, 1.165) is 12.2 Å². The van der Waals surface area contributed by atoms with Crippen LogP contribution in [0.4, 0.5) is 5.69 Å². The van der Waals surface area contributed by atoms with E-state index in [-0.39, 0.29) is 5.97 Å². The summed E-state index contributed by atoms with van der Waals surface area (Å²) in [6, 6.07) is 5.73. The zero-order chi connectivity index (χ0) is 10.1. The van der Waals surface area contributed by atoms with E-state index >= 15 is 0 Å². The molecular formula is C11H13NO2. The number of anilines is 1. The lowest BCUT2D eigenvalue weighted by Gasteiger charge is -2.06. The number of rotatable bonds is 1. The van der Waals surface area contributed by atoms with Crippen LogP contribution in [0.3, 0.4) is 0 Å². The zero-order valence-corrected chi connectivity index (χ0v) is 8.33. The number of para-hydroxylation sites is 1. The Morgan fingerprint density at radius 3 is 3.07 bits per heavy atom. The molecule has 0 saturated carbocycles. The molecular weight excluding hydrogens is 178 g/mol. The highest BCUT2D eigenvalue weighted by atomic mass is 16.5. The predicted octanol–water partition coefficient (Wildman–Crippen LogP) is 2.00. The molecule has 0 aromatic heterocycles. The summed E-state index contributed by atoms with van der Waals surface area (Å²) in [4.78, 5) is 11.4. The summed E-state index contributed by atoms with van der Waals surface area (Å²) < 4.78 is 4.72. The molecule has 1 atom stereocenters. The molecule has 1 unspecified atom stereocenters. The molecule has 3 nitrogen and oxygen atoms in total. The van der Waals surface area contributed by atoms with Gasteiger partial charge in [0, 0.05) is 12.5 Å². The van der Waals surface area contributed by atoms with E-state index in [1.807, 2.05) is 12.1 Å². The minimum absolute atomic E-state index is 0.275. The molecule has 14 heavy (non-hydrogen) atoms. The van der Waals surface area contributed by atoms with Crippen molar-refractivity contribution in [2.45, 2.75) is 12.8 Å². The summed E-state index contributed by atoms with van der Waals surface area (Å²) in [6.07, 6.45) is 0. The van der Waals surface area contributed by atoms with Crippen molar-refractivity contribution in [3.05, 3.63) is 29.3 Å². The first-order valence-electron chi connectivity index (χ1n) is 4.69. The summed E-state index contributed by atoms with van der Waals surface area (Å²) in [5.41, 5.74) is 2.77. The molecule has 0 saturated heterocycles. The average Bonchev–Trinajstić information content (AvgIpc) is 2.59. The number of fused-ring (bicyclic) bond motifs is 1. The Labute approximate surface area is 83.1 Å². The van der Waals surface area contributed by atoms with E-state index in [1.165, 1.54) is 12.7 Å². The molecule has 0 spiro atoms. The van der Waals surface area contributed by atoms with Crippen molar-refractivity contribution in [1.82, 2.24) is 0 Å². The number of methoxy groups -OCH3 is 1. The number of hydrogen-bond donors (Lipinski definition) is 1. The highest BCUT2D eigenvalue weighted by Crippen LogP contribution is 2.33. The SMILES string of the molecule is COC(=O)c1cccc2c1NCC2C. The molecule has 2 rings (SSSR count). The van der Waals surface area contributed by atoms with Crippen molar-refractivity contribution in [1.29, 1.82) is 0 Å². The molecule has 1 aromatic carbocycles. The number of benzene rings is 1. The van der Waals surface area contributed by atoms with Gasteiger partial charge >= 0.3 is 5.97 Å². The molecule has 1 heterocycles. The maximum atomic E-state index is 11.4. The van der Waals surface area contributed by atoms with Gasteiger partial charge < -0.3 is 10.1 Å². The molecule has 0 aliphatic carbocycles. The fourth-order valence-corrected chi connectivity index (χ4v) is 1.82. The van der Waals surface area contributed by atoms with Gasteiger partial charge in [-0.15, -0.1) is 0 Å². The third-order valence-electron chi connectivity index (χ3n) is 2.62. The third-order valence-corrected chi connectivity index (χ3v) is 2.62. The normalized spacial score (nSPS) is 18.6. The van der Waals surface area contributed by atoms with Crippen molar-refractivity contribution in [3.8, 4) is 0 Å². The molecule has 0 radical (unpaired) electrons. The van der Waals surface area contributed by atoms with Crippen LogP contribution in [0.5, 0.6) is 0 Å². The van der Waals surface area contributed by atoms with Gasteiger partial charge in [0.25, 0.3) is 0 Å². The number of hydrogen-bond acceptors (Lipinski definition) is 3. The summed E-state index contributed by atoms with van der Waals surface area (Å²) in [7, 11) is 1.40. The van der Waals surface area contributed by atoms with Crippen LogP contribution in [-0.2, 0) is 4.74 Å². The maximum absolute atomic E-state index is 11.4. The Bertz CT molecular complexity index is 374. The lowest BCUT2D eigenvalue weighted by molar-refractivity contribution is 0.0602. The first-order valence-corrected chi connectivity index (χ1v) is 4.69. The zero-order valence-electron chi connectivity index (χ0n) is 8.33. The molecule has 1 N–H and O–H groups in total. The summed E-state index contributed by atoms with van der Waals surface area (Å²) in [5.74, 6) is 0.193. The van der Waals surface area contributed by atoms with Gasteiger partial charge in [0.1, 0.15) is 0 Å². The summed E-state index contributed by atoms with van der Waals surface area (Å²) >= 11 is 0. The van der Waals surface area contributed by atoms with Crippen LogP contribution < -0.4 is 5.32 Å². The van der Waals surface area contributed by atoms with Crippen molar-refractivity contribution >= 4 is 11.7 Å². The highest BCUT2D eigenvalue weighted by Gasteiger charge is 2.23. The molecule has 1 aliphatic rings. The van der Waals surface area contributed by atoms with Gasteiger partial charge in [0.15, 0.2) is 0 Å². The van der Waals surface area contributed by atoms with Gasteiger partial charge in [-0.2, -0.15) is 0 Å². The maximum Gasteiger partial charge on any atom is 0.339 e. The van der Waals surface area contributed by atoms with Gasteiger partial charge in [-0.3, -0.25) is 0 Å². The topological polar surface area (TPSA) is 38.3 Å². The minimum Gasteiger partial charge on any atom is -0.465 e. The van der Waals surface area contributed by atoms with Crippen LogP contribution in [0.1, 0.15) is 28.8 Å². The second kappa shape index (κ2) is 3.33. The largest absolute Gasteiger partial charge is 0.465 e. The third kappa shape index (κ3) is 1.25. The van der Waals surface area contributed by atoms with Crippen molar-refractivity contribution < 1.29 is 9.53 Å². The Balaban J connectivity index is 2.49. The minimum atomic E-state index is -0.275. The molecule has 74 valence electrons.